The first-order valence-electron chi connectivity index (χ1n) is 7.11. The van der Waals surface area contributed by atoms with Crippen molar-refractivity contribution in [2.45, 2.75) is 0 Å². The van der Waals surface area contributed by atoms with Gasteiger partial charge in [0.15, 0.2) is 5.70 Å². The molecule has 2 aromatic rings. The fourth-order valence-corrected chi connectivity index (χ4v) is 2.21. The van der Waals surface area contributed by atoms with E-state index >= 15 is 0 Å². The van der Waals surface area contributed by atoms with E-state index in [0.29, 0.717) is 22.6 Å². The lowest BCUT2D eigenvalue weighted by Gasteiger charge is -2.07. The van der Waals surface area contributed by atoms with Gasteiger partial charge in [0.05, 0.1) is 14.2 Å². The van der Waals surface area contributed by atoms with Crippen LogP contribution in [0.4, 0.5) is 4.39 Å². The average Bonchev–Trinajstić information content (AvgIpc) is 2.96. The van der Waals surface area contributed by atoms with Crippen LogP contribution < -0.4 is 9.47 Å². The minimum Gasteiger partial charge on any atom is -0.497 e. The number of carbonyl (C=O) groups excluding carboxylic acids is 1. The first-order valence-corrected chi connectivity index (χ1v) is 7.11. The van der Waals surface area contributed by atoms with Gasteiger partial charge in [-0.1, -0.05) is 0 Å². The topological polar surface area (TPSA) is 57.1 Å². The highest BCUT2D eigenvalue weighted by atomic mass is 19.1. The molecule has 0 amide bonds. The third-order valence-corrected chi connectivity index (χ3v) is 3.44. The van der Waals surface area contributed by atoms with Gasteiger partial charge in [0.25, 0.3) is 0 Å². The largest absolute Gasteiger partial charge is 0.497 e. The van der Waals surface area contributed by atoms with Crippen LogP contribution in [-0.4, -0.2) is 26.1 Å². The number of nitrogens with zero attached hydrogens (tertiary/aromatic N) is 1. The van der Waals surface area contributed by atoms with Gasteiger partial charge in [-0.05, 0) is 42.5 Å². The highest BCUT2D eigenvalue weighted by Gasteiger charge is 2.24. The number of cyclic esters (lactones) is 1. The highest BCUT2D eigenvalue weighted by molar-refractivity contribution is 6.12. The predicted octanol–water partition coefficient (Wildman–Crippen LogP) is 3.19. The Morgan fingerprint density at radius 2 is 1.83 bits per heavy atom. The zero-order valence-electron chi connectivity index (χ0n) is 13.1. The van der Waals surface area contributed by atoms with Gasteiger partial charge in [0.2, 0.25) is 5.90 Å². The first kappa shape index (κ1) is 15.7. The maximum absolute atomic E-state index is 13.0. The van der Waals surface area contributed by atoms with Crippen molar-refractivity contribution in [2.24, 2.45) is 4.99 Å². The average molecular weight is 327 g/mol. The molecule has 24 heavy (non-hydrogen) atoms. The van der Waals surface area contributed by atoms with Crippen molar-refractivity contribution in [3.8, 4) is 11.5 Å². The van der Waals surface area contributed by atoms with Crippen molar-refractivity contribution in [3.05, 3.63) is 65.1 Å². The molecule has 0 saturated carbocycles. The van der Waals surface area contributed by atoms with Crippen molar-refractivity contribution in [1.82, 2.24) is 0 Å². The molecule has 0 unspecified atom stereocenters. The Morgan fingerprint density at radius 1 is 1.08 bits per heavy atom. The summed E-state index contributed by atoms with van der Waals surface area (Å²) in [5.74, 6) is 0.368. The molecule has 6 heteroatoms. The molecule has 0 saturated heterocycles. The molecule has 5 nitrogen and oxygen atoms in total. The molecule has 1 aliphatic heterocycles. The van der Waals surface area contributed by atoms with E-state index in [2.05, 4.69) is 4.99 Å². The molecule has 0 fully saturated rings. The summed E-state index contributed by atoms with van der Waals surface area (Å²) >= 11 is 0. The molecular weight excluding hydrogens is 313 g/mol. The van der Waals surface area contributed by atoms with Crippen LogP contribution in [0.25, 0.3) is 6.08 Å². The van der Waals surface area contributed by atoms with Crippen molar-refractivity contribution in [3.63, 3.8) is 0 Å². The highest BCUT2D eigenvalue weighted by Crippen LogP contribution is 2.28. The summed E-state index contributed by atoms with van der Waals surface area (Å²) in [7, 11) is 3.08. The van der Waals surface area contributed by atoms with Crippen LogP contribution in [0.15, 0.2) is 53.2 Å². The van der Waals surface area contributed by atoms with Gasteiger partial charge in [-0.2, -0.15) is 0 Å². The Morgan fingerprint density at radius 3 is 2.50 bits per heavy atom. The second-order valence-electron chi connectivity index (χ2n) is 4.95. The molecule has 0 radical (unpaired) electrons. The van der Waals surface area contributed by atoms with Crippen LogP contribution in [0.3, 0.4) is 0 Å². The third-order valence-electron chi connectivity index (χ3n) is 3.44. The molecule has 0 atom stereocenters. The molecule has 0 spiro atoms. The zero-order chi connectivity index (χ0) is 17.1. The Labute approximate surface area is 138 Å². The van der Waals surface area contributed by atoms with Crippen LogP contribution in [-0.2, 0) is 9.53 Å². The Kier molecular flexibility index (Phi) is 4.29. The van der Waals surface area contributed by atoms with E-state index in [0.717, 1.165) is 0 Å². The van der Waals surface area contributed by atoms with Crippen LogP contribution in [0, 0.1) is 5.82 Å². The smallest absolute Gasteiger partial charge is 0.363 e. The van der Waals surface area contributed by atoms with E-state index in [9.17, 15) is 9.18 Å². The predicted molar refractivity (Wildman–Crippen MR) is 86.6 cm³/mol. The number of hydrogen-bond acceptors (Lipinski definition) is 5. The molecule has 122 valence electrons. The van der Waals surface area contributed by atoms with Crippen molar-refractivity contribution < 1.29 is 23.4 Å². The number of methoxy groups -OCH3 is 2. The van der Waals surface area contributed by atoms with Crippen LogP contribution >= 0.6 is 0 Å². The number of halogens is 1. The second kappa shape index (κ2) is 6.54. The lowest BCUT2D eigenvalue weighted by Crippen LogP contribution is -2.05. The number of esters is 1. The number of aliphatic imine (C=N–C) groups is 1. The molecule has 2 aromatic carbocycles. The maximum atomic E-state index is 13.0. The molecule has 0 aliphatic carbocycles. The standard InChI is InChI=1S/C18H14FNO4/c1-22-14-8-5-12(16(10-14)23-2)9-15-18(21)24-17(20-15)11-3-6-13(19)7-4-11/h3-10H,1-2H3/b15-9-. The maximum Gasteiger partial charge on any atom is 0.363 e. The van der Waals surface area contributed by atoms with Crippen LogP contribution in [0.2, 0.25) is 0 Å². The SMILES string of the molecule is COc1ccc(/C=C2\N=C(c3ccc(F)cc3)OC2=O)c(OC)c1. The summed E-state index contributed by atoms with van der Waals surface area (Å²) in [6.07, 6.45) is 1.57. The minimum atomic E-state index is -0.577. The van der Waals surface area contributed by atoms with Gasteiger partial charge in [-0.15, -0.1) is 0 Å². The normalized spacial score (nSPS) is 15.2. The van der Waals surface area contributed by atoms with E-state index in [1.165, 1.54) is 31.4 Å². The lowest BCUT2D eigenvalue weighted by atomic mass is 10.1. The number of benzene rings is 2. The van der Waals surface area contributed by atoms with Gasteiger partial charge >= 0.3 is 5.97 Å². The molecular formula is C18H14FNO4. The first-order chi connectivity index (χ1) is 11.6. The Bertz CT molecular complexity index is 841. The summed E-state index contributed by atoms with van der Waals surface area (Å²) in [4.78, 5) is 16.2. The summed E-state index contributed by atoms with van der Waals surface area (Å²) in [6, 6.07) is 10.8. The number of rotatable bonds is 4. The van der Waals surface area contributed by atoms with E-state index in [4.69, 9.17) is 14.2 Å². The number of ether oxygens (including phenoxy) is 3. The fraction of sp³-hybridized carbons (Fsp3) is 0.111. The van der Waals surface area contributed by atoms with E-state index < -0.39 is 5.97 Å². The molecule has 0 bridgehead atoms. The summed E-state index contributed by atoms with van der Waals surface area (Å²) < 4.78 is 28.5. The summed E-state index contributed by atoms with van der Waals surface area (Å²) in [6.45, 7) is 0. The lowest BCUT2D eigenvalue weighted by molar-refractivity contribution is -0.129. The van der Waals surface area contributed by atoms with Gasteiger partial charge in [-0.3, -0.25) is 0 Å². The number of carbonyl (C=O) groups is 1. The van der Waals surface area contributed by atoms with Gasteiger partial charge in [-0.25, -0.2) is 14.2 Å². The monoisotopic (exact) mass is 327 g/mol. The van der Waals surface area contributed by atoms with Gasteiger partial charge in [0, 0.05) is 17.2 Å². The molecule has 0 N–H and O–H groups in total. The van der Waals surface area contributed by atoms with Crippen LogP contribution in [0.5, 0.6) is 11.5 Å². The number of hydrogen-bond donors (Lipinski definition) is 0. The Balaban J connectivity index is 1.95. The van der Waals surface area contributed by atoms with E-state index in [1.54, 1.807) is 31.4 Å². The summed E-state index contributed by atoms with van der Waals surface area (Å²) in [5, 5.41) is 0. The summed E-state index contributed by atoms with van der Waals surface area (Å²) in [5.41, 5.74) is 1.32. The van der Waals surface area contributed by atoms with E-state index in [-0.39, 0.29) is 17.4 Å². The second-order valence-corrected chi connectivity index (χ2v) is 4.95. The van der Waals surface area contributed by atoms with Crippen molar-refractivity contribution in [1.29, 1.82) is 0 Å². The minimum absolute atomic E-state index is 0.137. The van der Waals surface area contributed by atoms with Crippen LogP contribution in [0.1, 0.15) is 11.1 Å². The molecule has 3 rings (SSSR count). The van der Waals surface area contributed by atoms with Gasteiger partial charge in [0.1, 0.15) is 17.3 Å². The van der Waals surface area contributed by atoms with Crippen molar-refractivity contribution in [2.75, 3.05) is 14.2 Å². The molecule has 1 heterocycles. The van der Waals surface area contributed by atoms with Gasteiger partial charge < -0.3 is 14.2 Å². The third kappa shape index (κ3) is 3.12. The van der Waals surface area contributed by atoms with E-state index in [1.807, 2.05) is 0 Å². The van der Waals surface area contributed by atoms with Crippen molar-refractivity contribution >= 4 is 17.9 Å². The molecule has 1 aliphatic rings. The zero-order valence-corrected chi connectivity index (χ0v) is 13.1. The fourth-order valence-electron chi connectivity index (χ4n) is 2.21. The molecule has 0 aromatic heterocycles. The Hall–Kier alpha value is -3.15. The quantitative estimate of drug-likeness (QED) is 0.639.